The second-order valence-electron chi connectivity index (χ2n) is 6.21. The van der Waals surface area contributed by atoms with E-state index in [1.54, 1.807) is 13.8 Å². The van der Waals surface area contributed by atoms with Crippen LogP contribution < -0.4 is 0 Å². The molecule has 23 heavy (non-hydrogen) atoms. The Labute approximate surface area is 134 Å². The van der Waals surface area contributed by atoms with Crippen LogP contribution in [0.15, 0.2) is 0 Å². The average molecular weight is 338 g/mol. The first-order valence-corrected chi connectivity index (χ1v) is 7.72. The number of aliphatic hydroxyl groups excluding tert-OH is 6. The molecule has 2 rings (SSSR count). The molecule has 6 N–H and O–H groups in total. The Morgan fingerprint density at radius 1 is 0.783 bits per heavy atom. The first kappa shape index (κ1) is 19.0. The number of ether oxygens (including phenoxy) is 3. The van der Waals surface area contributed by atoms with E-state index in [1.807, 2.05) is 0 Å². The quantitative estimate of drug-likeness (QED) is 0.314. The van der Waals surface area contributed by atoms with Crippen molar-refractivity contribution in [2.45, 2.75) is 69.0 Å². The summed E-state index contributed by atoms with van der Waals surface area (Å²) >= 11 is 0. The van der Waals surface area contributed by atoms with E-state index in [1.165, 1.54) is 0 Å². The predicted molar refractivity (Wildman–Crippen MR) is 75.2 cm³/mol. The predicted octanol–water partition coefficient (Wildman–Crippen LogP) is -3.05. The summed E-state index contributed by atoms with van der Waals surface area (Å²) in [7, 11) is 0. The molecule has 2 fully saturated rings. The van der Waals surface area contributed by atoms with Crippen LogP contribution in [0.5, 0.6) is 0 Å². The summed E-state index contributed by atoms with van der Waals surface area (Å²) in [5.41, 5.74) is 0. The van der Waals surface area contributed by atoms with Crippen molar-refractivity contribution >= 4 is 0 Å². The molecule has 0 aromatic heterocycles. The molecule has 0 bridgehead atoms. The molecule has 10 atom stereocenters. The molecule has 0 radical (unpaired) electrons. The van der Waals surface area contributed by atoms with E-state index in [2.05, 4.69) is 0 Å². The minimum Gasteiger partial charge on any atom is -0.394 e. The van der Waals surface area contributed by atoms with Crippen molar-refractivity contribution in [3.05, 3.63) is 0 Å². The third-order valence-electron chi connectivity index (χ3n) is 4.69. The molecule has 2 heterocycles. The van der Waals surface area contributed by atoms with Crippen LogP contribution in [0.3, 0.4) is 0 Å². The number of aliphatic hydroxyl groups is 6. The molecular formula is C14H26O9. The van der Waals surface area contributed by atoms with Crippen LogP contribution in [0.2, 0.25) is 0 Å². The number of hydrogen-bond acceptors (Lipinski definition) is 9. The Morgan fingerprint density at radius 3 is 1.91 bits per heavy atom. The third-order valence-corrected chi connectivity index (χ3v) is 4.69. The SMILES string of the molecule is CC1OC(CO)C(O)C(OC2OC(CO)C(O)C(O)C2O)C1C. The maximum atomic E-state index is 10.3. The first-order chi connectivity index (χ1) is 10.8. The molecule has 2 aliphatic rings. The van der Waals surface area contributed by atoms with E-state index in [0.717, 1.165) is 0 Å². The fourth-order valence-corrected chi connectivity index (χ4v) is 2.96. The molecule has 2 saturated heterocycles. The van der Waals surface area contributed by atoms with Gasteiger partial charge in [-0.2, -0.15) is 0 Å². The van der Waals surface area contributed by atoms with Gasteiger partial charge in [0.25, 0.3) is 0 Å². The normalized spacial score (nSPS) is 51.7. The lowest BCUT2D eigenvalue weighted by Crippen LogP contribution is -2.62. The van der Waals surface area contributed by atoms with Crippen LogP contribution in [0, 0.1) is 5.92 Å². The van der Waals surface area contributed by atoms with Crippen LogP contribution >= 0.6 is 0 Å². The smallest absolute Gasteiger partial charge is 0.187 e. The van der Waals surface area contributed by atoms with Gasteiger partial charge in [0.1, 0.15) is 36.6 Å². The van der Waals surface area contributed by atoms with Gasteiger partial charge < -0.3 is 44.8 Å². The Morgan fingerprint density at radius 2 is 1.35 bits per heavy atom. The Balaban J connectivity index is 2.11. The number of hydrogen-bond donors (Lipinski definition) is 6. The summed E-state index contributed by atoms with van der Waals surface area (Å²) in [6.07, 6.45) is -10.1. The Kier molecular flexibility index (Phi) is 6.34. The molecule has 0 amide bonds. The highest BCUT2D eigenvalue weighted by atomic mass is 16.7. The van der Waals surface area contributed by atoms with E-state index in [-0.39, 0.29) is 12.0 Å². The van der Waals surface area contributed by atoms with Crippen LogP contribution in [0.1, 0.15) is 13.8 Å². The molecule has 0 aromatic carbocycles. The van der Waals surface area contributed by atoms with Crippen molar-refractivity contribution in [3.63, 3.8) is 0 Å². The highest BCUT2D eigenvalue weighted by Gasteiger charge is 2.48. The average Bonchev–Trinajstić information content (AvgIpc) is 2.54. The van der Waals surface area contributed by atoms with Crippen molar-refractivity contribution in [1.29, 1.82) is 0 Å². The van der Waals surface area contributed by atoms with Crippen molar-refractivity contribution in [2.24, 2.45) is 5.92 Å². The van der Waals surface area contributed by atoms with E-state index >= 15 is 0 Å². The van der Waals surface area contributed by atoms with Gasteiger partial charge >= 0.3 is 0 Å². The molecule has 136 valence electrons. The first-order valence-electron chi connectivity index (χ1n) is 7.72. The summed E-state index contributed by atoms with van der Waals surface area (Å²) in [5.74, 6) is -0.278. The van der Waals surface area contributed by atoms with Gasteiger partial charge in [0.15, 0.2) is 6.29 Å². The van der Waals surface area contributed by atoms with Gasteiger partial charge in [-0.1, -0.05) is 6.92 Å². The van der Waals surface area contributed by atoms with E-state index in [0.29, 0.717) is 0 Å². The zero-order valence-corrected chi connectivity index (χ0v) is 13.1. The lowest BCUT2D eigenvalue weighted by atomic mass is 9.88. The van der Waals surface area contributed by atoms with E-state index in [9.17, 15) is 30.6 Å². The summed E-state index contributed by atoms with van der Waals surface area (Å²) in [5, 5.41) is 58.3. The lowest BCUT2D eigenvalue weighted by molar-refractivity contribution is -0.335. The van der Waals surface area contributed by atoms with Gasteiger partial charge in [0.05, 0.1) is 25.4 Å². The molecule has 9 nitrogen and oxygen atoms in total. The molecule has 2 aliphatic heterocycles. The largest absolute Gasteiger partial charge is 0.394 e. The lowest BCUT2D eigenvalue weighted by Gasteiger charge is -2.46. The second-order valence-corrected chi connectivity index (χ2v) is 6.21. The van der Waals surface area contributed by atoms with Gasteiger partial charge in [-0.3, -0.25) is 0 Å². The standard InChI is InChI=1S/C14H26O9/c1-5-6(2)21-8(4-16)10(18)13(5)23-14-12(20)11(19)9(17)7(3-15)22-14/h5-20H,3-4H2,1-2H3. The molecule has 0 spiro atoms. The minimum absolute atomic E-state index is 0.278. The molecule has 10 unspecified atom stereocenters. The van der Waals surface area contributed by atoms with Crippen molar-refractivity contribution in [3.8, 4) is 0 Å². The molecule has 0 saturated carbocycles. The molecule has 0 aromatic rings. The van der Waals surface area contributed by atoms with Gasteiger partial charge in [-0.25, -0.2) is 0 Å². The van der Waals surface area contributed by atoms with Crippen LogP contribution in [-0.4, -0.2) is 99.0 Å². The van der Waals surface area contributed by atoms with Gasteiger partial charge in [0.2, 0.25) is 0 Å². The summed E-state index contributed by atoms with van der Waals surface area (Å²) < 4.78 is 16.4. The van der Waals surface area contributed by atoms with Crippen molar-refractivity contribution < 1.29 is 44.8 Å². The second kappa shape index (κ2) is 7.68. The van der Waals surface area contributed by atoms with Crippen LogP contribution in [0.4, 0.5) is 0 Å². The fourth-order valence-electron chi connectivity index (χ4n) is 2.96. The van der Waals surface area contributed by atoms with Crippen LogP contribution in [-0.2, 0) is 14.2 Å². The van der Waals surface area contributed by atoms with Crippen molar-refractivity contribution in [1.82, 2.24) is 0 Å². The summed E-state index contributed by atoms with van der Waals surface area (Å²) in [6.45, 7) is 2.58. The highest BCUT2D eigenvalue weighted by Crippen LogP contribution is 2.31. The monoisotopic (exact) mass is 338 g/mol. The summed E-state index contributed by atoms with van der Waals surface area (Å²) in [4.78, 5) is 0. The Bertz CT molecular complexity index is 379. The molecule has 0 aliphatic carbocycles. The zero-order chi connectivity index (χ0) is 17.3. The van der Waals surface area contributed by atoms with Crippen molar-refractivity contribution in [2.75, 3.05) is 13.2 Å². The summed E-state index contributed by atoms with van der Waals surface area (Å²) in [6, 6.07) is 0. The topological polar surface area (TPSA) is 149 Å². The molecule has 9 heteroatoms. The van der Waals surface area contributed by atoms with Crippen LogP contribution in [0.25, 0.3) is 0 Å². The maximum Gasteiger partial charge on any atom is 0.187 e. The van der Waals surface area contributed by atoms with Gasteiger partial charge in [-0.05, 0) is 6.92 Å². The maximum absolute atomic E-state index is 10.3. The van der Waals surface area contributed by atoms with E-state index in [4.69, 9.17) is 14.2 Å². The zero-order valence-electron chi connectivity index (χ0n) is 13.1. The van der Waals surface area contributed by atoms with Gasteiger partial charge in [0, 0.05) is 5.92 Å². The fraction of sp³-hybridized carbons (Fsp3) is 1.00. The number of rotatable bonds is 4. The van der Waals surface area contributed by atoms with Gasteiger partial charge in [-0.15, -0.1) is 0 Å². The highest BCUT2D eigenvalue weighted by molar-refractivity contribution is 4.93. The molecular weight excluding hydrogens is 312 g/mol. The van der Waals surface area contributed by atoms with E-state index < -0.39 is 62.2 Å². The third kappa shape index (κ3) is 3.68. The minimum atomic E-state index is -1.55. The Hall–Kier alpha value is -0.360.